The van der Waals surface area contributed by atoms with Crippen molar-refractivity contribution in [1.82, 2.24) is 9.88 Å². The second kappa shape index (κ2) is 10.4. The number of rotatable bonds is 6. The summed E-state index contributed by atoms with van der Waals surface area (Å²) in [4.78, 5) is 23.2. The van der Waals surface area contributed by atoms with Gasteiger partial charge in [-0.15, -0.1) is 0 Å². The molecule has 5 atom stereocenters. The molecule has 4 N–H and O–H groups in total. The molecule has 1 saturated carbocycles. The van der Waals surface area contributed by atoms with Crippen molar-refractivity contribution in [2.45, 2.75) is 55.8 Å². The molecular weight excluding hydrogens is 500 g/mol. The molecule has 1 amide bonds. The summed E-state index contributed by atoms with van der Waals surface area (Å²) in [6.45, 7) is -0.282. The summed E-state index contributed by atoms with van der Waals surface area (Å²) in [7, 11) is 1.07. The van der Waals surface area contributed by atoms with Crippen molar-refractivity contribution in [3.8, 4) is 0 Å². The molecule has 9 nitrogen and oxygen atoms in total. The van der Waals surface area contributed by atoms with Crippen LogP contribution in [0.4, 0.5) is 0 Å². The van der Waals surface area contributed by atoms with Gasteiger partial charge in [0.1, 0.15) is 24.4 Å². The number of amides is 1. The topological polar surface area (TPSA) is 130 Å². The van der Waals surface area contributed by atoms with Gasteiger partial charge >= 0.3 is 11.9 Å². The summed E-state index contributed by atoms with van der Waals surface area (Å²) in [6, 6.07) is 13.9. The average Bonchev–Trinajstić information content (AvgIpc) is 3.69. The fraction of sp³-hybridized carbons (Fsp3) is 0.407. The van der Waals surface area contributed by atoms with Gasteiger partial charge in [-0.25, -0.2) is 4.79 Å². The van der Waals surface area contributed by atoms with Gasteiger partial charge in [0.15, 0.2) is 6.23 Å². The third-order valence-corrected chi connectivity index (χ3v) is 7.42. The molecule has 1 aliphatic carbocycles. The SMILES string of the molecule is COC(=O)C(=O)NC[C@H]1O[C@@H](n2cc(Cc3ccc(C4CC4)cc3)c3c(Cl)cccc32)[C@H](O)[C@@H](O)[C@@H]1O. The molecule has 1 aliphatic heterocycles. The zero-order valence-corrected chi connectivity index (χ0v) is 21.0. The van der Waals surface area contributed by atoms with Crippen molar-refractivity contribution in [3.05, 3.63) is 70.4 Å². The quantitative estimate of drug-likeness (QED) is 0.284. The number of aromatic nitrogens is 1. The van der Waals surface area contributed by atoms with Crippen LogP contribution in [0.2, 0.25) is 5.02 Å². The van der Waals surface area contributed by atoms with E-state index in [1.807, 2.05) is 12.3 Å². The lowest BCUT2D eigenvalue weighted by Crippen LogP contribution is -2.58. The van der Waals surface area contributed by atoms with Crippen LogP contribution < -0.4 is 5.32 Å². The van der Waals surface area contributed by atoms with Crippen LogP contribution in [0, 0.1) is 0 Å². The van der Waals surface area contributed by atoms with Crippen LogP contribution in [0.5, 0.6) is 0 Å². The maximum absolute atomic E-state index is 11.8. The number of aliphatic hydroxyl groups excluding tert-OH is 3. The largest absolute Gasteiger partial charge is 0.462 e. The first-order chi connectivity index (χ1) is 17.8. The van der Waals surface area contributed by atoms with Crippen LogP contribution in [0.3, 0.4) is 0 Å². The Morgan fingerprint density at radius 1 is 1.08 bits per heavy atom. The molecule has 5 rings (SSSR count). The molecule has 0 radical (unpaired) electrons. The number of ether oxygens (including phenoxy) is 2. The van der Waals surface area contributed by atoms with Gasteiger partial charge in [-0.1, -0.05) is 41.9 Å². The summed E-state index contributed by atoms with van der Waals surface area (Å²) in [6.07, 6.45) is -1.84. The first-order valence-electron chi connectivity index (χ1n) is 12.2. The first-order valence-corrected chi connectivity index (χ1v) is 12.6. The predicted molar refractivity (Wildman–Crippen MR) is 135 cm³/mol. The third kappa shape index (κ3) is 5.10. The van der Waals surface area contributed by atoms with E-state index in [1.54, 1.807) is 16.7 Å². The smallest absolute Gasteiger partial charge is 0.396 e. The number of fused-ring (bicyclic) bond motifs is 1. The van der Waals surface area contributed by atoms with Gasteiger partial charge in [0.25, 0.3) is 0 Å². The van der Waals surface area contributed by atoms with Crippen LogP contribution >= 0.6 is 11.6 Å². The van der Waals surface area contributed by atoms with Crippen molar-refractivity contribution in [1.29, 1.82) is 0 Å². The number of hydrogen-bond acceptors (Lipinski definition) is 7. The van der Waals surface area contributed by atoms with Crippen molar-refractivity contribution >= 4 is 34.4 Å². The number of carbonyl (C=O) groups excluding carboxylic acids is 2. The highest BCUT2D eigenvalue weighted by Crippen LogP contribution is 2.40. The lowest BCUT2D eigenvalue weighted by molar-refractivity contribution is -0.242. The molecule has 3 aromatic rings. The second-order valence-corrected chi connectivity index (χ2v) is 10.0. The number of esters is 1. The van der Waals surface area contributed by atoms with Crippen molar-refractivity contribution in [2.24, 2.45) is 0 Å². The maximum Gasteiger partial charge on any atom is 0.396 e. The number of hydrogen-bond donors (Lipinski definition) is 4. The number of aliphatic hydroxyl groups is 3. The van der Waals surface area contributed by atoms with Gasteiger partial charge in [0.05, 0.1) is 17.6 Å². The second-order valence-electron chi connectivity index (χ2n) is 9.63. The van der Waals surface area contributed by atoms with Gasteiger partial charge in [-0.3, -0.25) is 4.79 Å². The summed E-state index contributed by atoms with van der Waals surface area (Å²) in [5.41, 5.74) is 4.04. The molecule has 0 unspecified atom stereocenters. The maximum atomic E-state index is 11.8. The van der Waals surface area contributed by atoms with Crippen LogP contribution in [0.15, 0.2) is 48.7 Å². The Labute approximate surface area is 218 Å². The molecule has 10 heteroatoms. The van der Waals surface area contributed by atoms with E-state index in [0.717, 1.165) is 23.6 Å². The fourth-order valence-electron chi connectivity index (χ4n) is 4.92. The Morgan fingerprint density at radius 3 is 2.49 bits per heavy atom. The highest BCUT2D eigenvalue weighted by atomic mass is 35.5. The van der Waals surface area contributed by atoms with Crippen LogP contribution in [-0.4, -0.2) is 69.8 Å². The molecule has 1 saturated heterocycles. The lowest BCUT2D eigenvalue weighted by Gasteiger charge is -2.41. The van der Waals surface area contributed by atoms with E-state index in [0.29, 0.717) is 22.9 Å². The number of carbonyl (C=O) groups is 2. The zero-order chi connectivity index (χ0) is 26.3. The molecule has 2 aromatic carbocycles. The van der Waals surface area contributed by atoms with E-state index in [4.69, 9.17) is 16.3 Å². The minimum atomic E-state index is -1.56. The average molecular weight is 529 g/mol. The molecule has 1 aromatic heterocycles. The number of benzene rings is 2. The Kier molecular flexibility index (Phi) is 7.24. The molecule has 0 spiro atoms. The lowest BCUT2D eigenvalue weighted by atomic mass is 9.97. The van der Waals surface area contributed by atoms with Gasteiger partial charge in [0.2, 0.25) is 0 Å². The minimum Gasteiger partial charge on any atom is -0.462 e. The van der Waals surface area contributed by atoms with E-state index in [9.17, 15) is 24.9 Å². The van der Waals surface area contributed by atoms with Gasteiger partial charge in [-0.05, 0) is 54.0 Å². The molecule has 37 heavy (non-hydrogen) atoms. The van der Waals surface area contributed by atoms with Crippen molar-refractivity contribution < 1.29 is 34.4 Å². The molecule has 0 bridgehead atoms. The Balaban J connectivity index is 1.44. The van der Waals surface area contributed by atoms with Crippen LogP contribution in [0.1, 0.15) is 41.7 Å². The number of methoxy groups -OCH3 is 1. The molecule has 2 heterocycles. The zero-order valence-electron chi connectivity index (χ0n) is 20.2. The molecule has 2 aliphatic rings. The van der Waals surface area contributed by atoms with E-state index >= 15 is 0 Å². The standard InChI is InChI=1S/C27H29ClN2O7/c1-36-27(35)25(34)29-12-20-22(31)23(32)24(33)26(37-20)30-13-17(21-18(28)3-2-4-19(21)30)11-14-5-7-15(8-6-14)16-9-10-16/h2-8,13,16,20,22-24,26,31-33H,9-12H2,1H3,(H,29,34)/t20-,22-,23+,24-,26-/m1/s1. The monoisotopic (exact) mass is 528 g/mol. The van der Waals surface area contributed by atoms with E-state index in [2.05, 4.69) is 34.3 Å². The van der Waals surface area contributed by atoms with Crippen LogP contribution in [0.25, 0.3) is 10.9 Å². The van der Waals surface area contributed by atoms with E-state index in [-0.39, 0.29) is 6.54 Å². The predicted octanol–water partition coefficient (Wildman–Crippen LogP) is 2.03. The number of nitrogens with zero attached hydrogens (tertiary/aromatic N) is 1. The first kappa shape index (κ1) is 25.7. The van der Waals surface area contributed by atoms with Gasteiger partial charge in [-0.2, -0.15) is 0 Å². The van der Waals surface area contributed by atoms with Gasteiger partial charge in [0, 0.05) is 18.1 Å². The van der Waals surface area contributed by atoms with E-state index < -0.39 is 42.5 Å². The number of halogens is 1. The van der Waals surface area contributed by atoms with Crippen molar-refractivity contribution in [3.63, 3.8) is 0 Å². The van der Waals surface area contributed by atoms with Crippen molar-refractivity contribution in [2.75, 3.05) is 13.7 Å². The Hall–Kier alpha value is -2.95. The molecule has 196 valence electrons. The Morgan fingerprint density at radius 2 is 1.81 bits per heavy atom. The summed E-state index contributed by atoms with van der Waals surface area (Å²) < 4.78 is 12.0. The number of nitrogens with one attached hydrogen (secondary N) is 1. The third-order valence-electron chi connectivity index (χ3n) is 7.10. The van der Waals surface area contributed by atoms with Crippen LogP contribution in [-0.2, 0) is 25.5 Å². The Bertz CT molecular complexity index is 1300. The normalized spacial score (nSPS) is 25.7. The summed E-state index contributed by atoms with van der Waals surface area (Å²) in [5.74, 6) is -1.44. The highest BCUT2D eigenvalue weighted by Gasteiger charge is 2.45. The molecule has 2 fully saturated rings. The van der Waals surface area contributed by atoms with E-state index in [1.165, 1.54) is 18.4 Å². The minimum absolute atomic E-state index is 0.282. The fourth-order valence-corrected chi connectivity index (χ4v) is 5.22. The van der Waals surface area contributed by atoms with Gasteiger partial charge < -0.3 is 34.7 Å². The molecular formula is C27H29ClN2O7. The summed E-state index contributed by atoms with van der Waals surface area (Å²) >= 11 is 6.60. The summed E-state index contributed by atoms with van der Waals surface area (Å²) in [5, 5.41) is 35.6. The highest BCUT2D eigenvalue weighted by molar-refractivity contribution is 6.35.